The van der Waals surface area contributed by atoms with Gasteiger partial charge in [-0.2, -0.15) is 0 Å². The van der Waals surface area contributed by atoms with E-state index in [4.69, 9.17) is 4.74 Å². The number of benzene rings is 1. The third-order valence-electron chi connectivity index (χ3n) is 2.11. The van der Waals surface area contributed by atoms with E-state index in [1.165, 1.54) is 31.5 Å². The normalized spacial score (nSPS) is 12.7. The zero-order valence-electron chi connectivity index (χ0n) is 9.95. The average molecular weight is 225 g/mol. The second-order valence-electron chi connectivity index (χ2n) is 4.51. The number of hydrogen-bond donors (Lipinski definition) is 0. The molecule has 0 saturated heterocycles. The van der Waals surface area contributed by atoms with Crippen molar-refractivity contribution in [3.05, 3.63) is 34.8 Å². The third-order valence-corrected chi connectivity index (χ3v) is 2.11. The van der Waals surface area contributed by atoms with E-state index in [0.717, 1.165) is 4.74 Å². The Bertz CT molecular complexity index is 408. The van der Waals surface area contributed by atoms with E-state index >= 15 is 0 Å². The molecule has 16 heavy (non-hydrogen) atoms. The highest BCUT2D eigenvalue weighted by Gasteiger charge is 2.19. The maximum Gasteiger partial charge on any atom is 0.186 e. The van der Waals surface area contributed by atoms with Gasteiger partial charge in [0.2, 0.25) is 0 Å². The standard InChI is InChI=1S/C12H16FNO2/c1-12(2,3)14(15)8-9-5-6-10(13)7-11(9)16-4/h5-8H,1-4H3/b14-8-. The SMILES string of the molecule is COc1cc(F)ccc1/C=[N+](\[O-])C(C)(C)C. The molecule has 0 aliphatic heterocycles. The predicted octanol–water partition coefficient (Wildman–Crippen LogP) is 2.56. The van der Waals surface area contributed by atoms with E-state index in [1.807, 2.05) is 0 Å². The van der Waals surface area contributed by atoms with Gasteiger partial charge in [0.25, 0.3) is 0 Å². The molecule has 0 atom stereocenters. The lowest BCUT2D eigenvalue weighted by Crippen LogP contribution is -2.29. The van der Waals surface area contributed by atoms with Gasteiger partial charge in [0.1, 0.15) is 11.6 Å². The third kappa shape index (κ3) is 2.95. The van der Waals surface area contributed by atoms with Crippen molar-refractivity contribution in [2.75, 3.05) is 7.11 Å². The summed E-state index contributed by atoms with van der Waals surface area (Å²) in [4.78, 5) is 0. The van der Waals surface area contributed by atoms with Gasteiger partial charge < -0.3 is 9.94 Å². The van der Waals surface area contributed by atoms with Crippen molar-refractivity contribution in [3.63, 3.8) is 0 Å². The second kappa shape index (κ2) is 4.51. The summed E-state index contributed by atoms with van der Waals surface area (Å²) in [5.41, 5.74) is 0.0354. The summed E-state index contributed by atoms with van der Waals surface area (Å²) in [6.45, 7) is 5.39. The highest BCUT2D eigenvalue weighted by Crippen LogP contribution is 2.18. The molecule has 0 fully saturated rings. The van der Waals surface area contributed by atoms with Gasteiger partial charge in [0.15, 0.2) is 11.8 Å². The molecule has 0 radical (unpaired) electrons. The highest BCUT2D eigenvalue weighted by atomic mass is 19.1. The first-order valence-corrected chi connectivity index (χ1v) is 4.99. The molecule has 0 heterocycles. The first-order chi connectivity index (χ1) is 7.34. The van der Waals surface area contributed by atoms with Crippen LogP contribution in [0.5, 0.6) is 5.75 Å². The Labute approximate surface area is 94.8 Å². The fourth-order valence-corrected chi connectivity index (χ4v) is 1.11. The number of methoxy groups -OCH3 is 1. The zero-order chi connectivity index (χ0) is 12.3. The van der Waals surface area contributed by atoms with Crippen molar-refractivity contribution in [2.24, 2.45) is 0 Å². The van der Waals surface area contributed by atoms with Gasteiger partial charge in [-0.25, -0.2) is 9.13 Å². The molecular formula is C12H16FNO2. The summed E-state index contributed by atoms with van der Waals surface area (Å²) in [7, 11) is 1.44. The summed E-state index contributed by atoms with van der Waals surface area (Å²) in [6, 6.07) is 4.07. The summed E-state index contributed by atoms with van der Waals surface area (Å²) in [5, 5.41) is 11.7. The van der Waals surface area contributed by atoms with Gasteiger partial charge in [-0.05, 0) is 12.1 Å². The maximum absolute atomic E-state index is 12.9. The minimum Gasteiger partial charge on any atom is -0.623 e. The Hall–Kier alpha value is -1.58. The van der Waals surface area contributed by atoms with Crippen LogP contribution in [0.15, 0.2) is 18.2 Å². The van der Waals surface area contributed by atoms with E-state index in [1.54, 1.807) is 20.8 Å². The van der Waals surface area contributed by atoms with Crippen LogP contribution in [0, 0.1) is 11.0 Å². The molecule has 0 N–H and O–H groups in total. The first-order valence-electron chi connectivity index (χ1n) is 4.99. The van der Waals surface area contributed by atoms with Crippen LogP contribution >= 0.6 is 0 Å². The van der Waals surface area contributed by atoms with Crippen LogP contribution in [0.4, 0.5) is 4.39 Å². The lowest BCUT2D eigenvalue weighted by molar-refractivity contribution is -0.530. The van der Waals surface area contributed by atoms with Crippen LogP contribution in [0.1, 0.15) is 26.3 Å². The summed E-state index contributed by atoms with van der Waals surface area (Å²) >= 11 is 0. The fourth-order valence-electron chi connectivity index (χ4n) is 1.11. The van der Waals surface area contributed by atoms with Gasteiger partial charge in [0, 0.05) is 26.8 Å². The molecule has 0 spiro atoms. The van der Waals surface area contributed by atoms with Crippen molar-refractivity contribution in [3.8, 4) is 5.75 Å². The molecule has 1 aromatic rings. The molecular weight excluding hydrogens is 209 g/mol. The Kier molecular flexibility index (Phi) is 3.52. The minimum atomic E-state index is -0.528. The Balaban J connectivity index is 3.15. The molecule has 0 saturated carbocycles. The first kappa shape index (κ1) is 12.5. The summed E-state index contributed by atoms with van der Waals surface area (Å²) in [5.74, 6) is -0.0349. The number of hydroxylamine groups is 1. The zero-order valence-corrected chi connectivity index (χ0v) is 9.95. The number of ether oxygens (including phenoxy) is 1. The predicted molar refractivity (Wildman–Crippen MR) is 61.5 cm³/mol. The van der Waals surface area contributed by atoms with E-state index in [-0.39, 0.29) is 5.82 Å². The number of nitrogens with zero attached hydrogens (tertiary/aromatic N) is 1. The highest BCUT2D eigenvalue weighted by molar-refractivity contribution is 5.80. The maximum atomic E-state index is 12.9. The largest absolute Gasteiger partial charge is 0.623 e. The quantitative estimate of drug-likeness (QED) is 0.335. The summed E-state index contributed by atoms with van der Waals surface area (Å²) < 4.78 is 18.7. The van der Waals surface area contributed by atoms with Gasteiger partial charge in [0.05, 0.1) is 12.7 Å². The second-order valence-corrected chi connectivity index (χ2v) is 4.51. The van der Waals surface area contributed by atoms with E-state index in [2.05, 4.69) is 0 Å². The molecule has 0 aromatic heterocycles. The van der Waals surface area contributed by atoms with E-state index in [9.17, 15) is 9.60 Å². The molecule has 1 rings (SSSR count). The molecule has 0 amide bonds. The number of hydrogen-bond acceptors (Lipinski definition) is 2. The Morgan fingerprint density at radius 2 is 2.00 bits per heavy atom. The van der Waals surface area contributed by atoms with Crippen LogP contribution < -0.4 is 4.74 Å². The fraction of sp³-hybridized carbons (Fsp3) is 0.417. The monoisotopic (exact) mass is 225 g/mol. The molecule has 3 nitrogen and oxygen atoms in total. The Morgan fingerprint density at radius 1 is 1.38 bits per heavy atom. The van der Waals surface area contributed by atoms with Crippen LogP contribution in [0.2, 0.25) is 0 Å². The van der Waals surface area contributed by atoms with Crippen molar-refractivity contribution < 1.29 is 13.9 Å². The molecule has 88 valence electrons. The number of rotatable bonds is 2. The molecule has 0 unspecified atom stereocenters. The molecule has 1 aromatic carbocycles. The van der Waals surface area contributed by atoms with Crippen molar-refractivity contribution in [1.82, 2.24) is 0 Å². The lowest BCUT2D eigenvalue weighted by Gasteiger charge is -2.19. The van der Waals surface area contributed by atoms with Crippen LogP contribution in [0.3, 0.4) is 0 Å². The number of halogens is 1. The van der Waals surface area contributed by atoms with Crippen molar-refractivity contribution in [2.45, 2.75) is 26.3 Å². The summed E-state index contributed by atoms with van der Waals surface area (Å²) in [6.07, 6.45) is 1.40. The van der Waals surface area contributed by atoms with Gasteiger partial charge in [-0.15, -0.1) is 0 Å². The van der Waals surface area contributed by atoms with Gasteiger partial charge in [-0.3, -0.25) is 0 Å². The molecule has 0 aliphatic carbocycles. The molecule has 4 heteroatoms. The van der Waals surface area contributed by atoms with Crippen LogP contribution in [-0.2, 0) is 0 Å². The van der Waals surface area contributed by atoms with E-state index in [0.29, 0.717) is 11.3 Å². The molecule has 0 aliphatic rings. The van der Waals surface area contributed by atoms with Gasteiger partial charge in [-0.1, -0.05) is 0 Å². The van der Waals surface area contributed by atoms with Crippen LogP contribution in [0.25, 0.3) is 0 Å². The van der Waals surface area contributed by atoms with Crippen molar-refractivity contribution >= 4 is 6.21 Å². The molecule has 0 bridgehead atoms. The minimum absolute atomic E-state index is 0.352. The van der Waals surface area contributed by atoms with Gasteiger partial charge >= 0.3 is 0 Å². The lowest BCUT2D eigenvalue weighted by atomic mass is 10.1. The topological polar surface area (TPSA) is 35.3 Å². The van der Waals surface area contributed by atoms with E-state index < -0.39 is 5.54 Å². The smallest absolute Gasteiger partial charge is 0.186 e. The van der Waals surface area contributed by atoms with Crippen molar-refractivity contribution in [1.29, 1.82) is 0 Å². The van der Waals surface area contributed by atoms with Crippen LogP contribution in [-0.4, -0.2) is 23.6 Å². The average Bonchev–Trinajstić information content (AvgIpc) is 2.19. The Morgan fingerprint density at radius 3 is 2.50 bits per heavy atom.